The minimum Gasteiger partial charge on any atom is -0.497 e. The first-order chi connectivity index (χ1) is 23.6. The number of β-lactam (4-membered cyclic amide) rings is 1. The van der Waals surface area contributed by atoms with Crippen LogP contribution in [0.15, 0.2) is 91.1 Å². The van der Waals surface area contributed by atoms with Crippen LogP contribution in [0.1, 0.15) is 55.0 Å². The van der Waals surface area contributed by atoms with Crippen molar-refractivity contribution >= 4 is 29.2 Å². The number of aliphatic hydroxyl groups is 2. The molecule has 0 bridgehead atoms. The monoisotopic (exact) mass is 665 g/mol. The average molecular weight is 666 g/mol. The number of rotatable bonds is 13. The number of amides is 2. The van der Waals surface area contributed by atoms with Crippen molar-refractivity contribution in [2.45, 2.75) is 57.5 Å². The van der Waals surface area contributed by atoms with Crippen LogP contribution in [0, 0.1) is 5.92 Å². The lowest BCUT2D eigenvalue weighted by atomic mass is 9.83. The van der Waals surface area contributed by atoms with Crippen molar-refractivity contribution in [2.75, 3.05) is 23.5 Å². The molecule has 4 aromatic rings. The fraction of sp³-hybridized carbons (Fsp3) is 0.324. The topological polar surface area (TPSA) is 147 Å². The maximum Gasteiger partial charge on any atom is 0.304 e. The lowest BCUT2D eigenvalue weighted by molar-refractivity contribution is -0.153. The number of fused-ring (bicyclic) bond motifs is 1. The van der Waals surface area contributed by atoms with Gasteiger partial charge in [-0.25, -0.2) is 0 Å². The van der Waals surface area contributed by atoms with E-state index in [4.69, 9.17) is 9.47 Å². The Morgan fingerprint density at radius 1 is 1.10 bits per heavy atom. The van der Waals surface area contributed by atoms with Gasteiger partial charge < -0.3 is 24.6 Å². The molecule has 3 heterocycles. The molecule has 254 valence electrons. The zero-order chi connectivity index (χ0) is 34.7. The van der Waals surface area contributed by atoms with Gasteiger partial charge in [0.1, 0.15) is 5.75 Å². The van der Waals surface area contributed by atoms with Gasteiger partial charge in [0.15, 0.2) is 11.8 Å². The summed E-state index contributed by atoms with van der Waals surface area (Å²) >= 11 is 0. The molecule has 1 fully saturated rings. The van der Waals surface area contributed by atoms with E-state index in [2.05, 4.69) is 10.3 Å². The largest absolute Gasteiger partial charge is 0.497 e. The summed E-state index contributed by atoms with van der Waals surface area (Å²) in [5.74, 6) is -1.39. The zero-order valence-corrected chi connectivity index (χ0v) is 27.6. The van der Waals surface area contributed by atoms with Gasteiger partial charge in [0, 0.05) is 36.8 Å². The highest BCUT2D eigenvalue weighted by atomic mass is 16.6. The number of carbonyl (C=O) groups is 3. The van der Waals surface area contributed by atoms with Crippen LogP contribution in [0.4, 0.5) is 11.4 Å². The Labute approximate surface area is 284 Å². The fourth-order valence-corrected chi connectivity index (χ4v) is 6.42. The van der Waals surface area contributed by atoms with Crippen LogP contribution in [0.3, 0.4) is 0 Å². The van der Waals surface area contributed by atoms with Crippen LogP contribution >= 0.6 is 0 Å². The summed E-state index contributed by atoms with van der Waals surface area (Å²) in [6.45, 7) is 3.73. The highest BCUT2D eigenvalue weighted by Gasteiger charge is 2.52. The van der Waals surface area contributed by atoms with Gasteiger partial charge in [-0.3, -0.25) is 24.0 Å². The first-order valence-corrected chi connectivity index (χ1v) is 16.2. The van der Waals surface area contributed by atoms with Crippen molar-refractivity contribution in [1.29, 1.82) is 0 Å². The second-order valence-electron chi connectivity index (χ2n) is 12.3. The highest BCUT2D eigenvalue weighted by Crippen LogP contribution is 2.47. The minimum absolute atomic E-state index is 0.0843. The van der Waals surface area contributed by atoms with E-state index in [1.807, 2.05) is 48.7 Å². The second-order valence-corrected chi connectivity index (χ2v) is 12.3. The van der Waals surface area contributed by atoms with Crippen LogP contribution in [-0.2, 0) is 37.8 Å². The van der Waals surface area contributed by atoms with Crippen LogP contribution in [-0.4, -0.2) is 62.9 Å². The Kier molecular flexibility index (Phi) is 9.61. The number of methoxy groups -OCH3 is 1. The fourth-order valence-electron chi connectivity index (χ4n) is 6.42. The number of esters is 1. The summed E-state index contributed by atoms with van der Waals surface area (Å²) in [6.07, 6.45) is 5.66. The van der Waals surface area contributed by atoms with E-state index < -0.39 is 29.6 Å². The summed E-state index contributed by atoms with van der Waals surface area (Å²) in [5.41, 5.74) is 2.21. The molecule has 1 aromatic heterocycles. The van der Waals surface area contributed by atoms with E-state index in [0.29, 0.717) is 41.3 Å². The molecule has 12 nitrogen and oxygen atoms in total. The van der Waals surface area contributed by atoms with Gasteiger partial charge in [-0.1, -0.05) is 66.8 Å². The number of carbonyl (C=O) groups excluding carboxylic acids is 3. The van der Waals surface area contributed by atoms with E-state index in [9.17, 15) is 24.6 Å². The van der Waals surface area contributed by atoms with E-state index in [0.717, 1.165) is 11.1 Å². The van der Waals surface area contributed by atoms with Gasteiger partial charge in [-0.05, 0) is 47.9 Å². The first kappa shape index (κ1) is 33.6. The van der Waals surface area contributed by atoms with Crippen LogP contribution < -0.4 is 14.5 Å². The molecule has 3 aromatic carbocycles. The molecule has 4 atom stereocenters. The number of aromatic nitrogens is 3. The van der Waals surface area contributed by atoms with Crippen LogP contribution in [0.25, 0.3) is 0 Å². The third-order valence-electron chi connectivity index (χ3n) is 9.15. The van der Waals surface area contributed by atoms with Crippen molar-refractivity contribution in [1.82, 2.24) is 15.0 Å². The van der Waals surface area contributed by atoms with Gasteiger partial charge >= 0.3 is 5.97 Å². The van der Waals surface area contributed by atoms with Crippen molar-refractivity contribution in [2.24, 2.45) is 5.92 Å². The average Bonchev–Trinajstić information content (AvgIpc) is 3.65. The molecule has 0 saturated carbocycles. The molecule has 0 radical (unpaired) electrons. The van der Waals surface area contributed by atoms with E-state index in [1.54, 1.807) is 59.0 Å². The number of allylic oxidation sites excluding steroid dienone is 1. The number of aryl methyl sites for hydroxylation is 1. The number of benzene rings is 3. The summed E-state index contributed by atoms with van der Waals surface area (Å²) in [6, 6.07) is 22.0. The van der Waals surface area contributed by atoms with Gasteiger partial charge in [0.05, 0.1) is 44.0 Å². The Balaban J connectivity index is 1.15. The molecule has 49 heavy (non-hydrogen) atoms. The predicted octanol–water partition coefficient (Wildman–Crippen LogP) is 4.05. The molecule has 2 amide bonds. The summed E-state index contributed by atoms with van der Waals surface area (Å²) in [5, 5.41) is 30.6. The van der Waals surface area contributed by atoms with Crippen molar-refractivity contribution in [3.63, 3.8) is 0 Å². The smallest absolute Gasteiger partial charge is 0.304 e. The van der Waals surface area contributed by atoms with Crippen LogP contribution in [0.5, 0.6) is 5.75 Å². The molecule has 2 N–H and O–H groups in total. The molecular weight excluding hydrogens is 626 g/mol. The maximum absolute atomic E-state index is 14.1. The van der Waals surface area contributed by atoms with Crippen LogP contribution in [0.2, 0.25) is 0 Å². The van der Waals surface area contributed by atoms with Gasteiger partial charge in [-0.2, -0.15) is 0 Å². The summed E-state index contributed by atoms with van der Waals surface area (Å²) in [7, 11) is 1.53. The van der Waals surface area contributed by atoms with E-state index >= 15 is 0 Å². The Bertz CT molecular complexity index is 1860. The van der Waals surface area contributed by atoms with Gasteiger partial charge in [0.2, 0.25) is 5.91 Å². The summed E-state index contributed by atoms with van der Waals surface area (Å²) < 4.78 is 12.4. The third kappa shape index (κ3) is 6.57. The molecule has 2 unspecified atom stereocenters. The Morgan fingerprint density at radius 2 is 1.86 bits per heavy atom. The Morgan fingerprint density at radius 3 is 2.53 bits per heavy atom. The number of ether oxygens (including phenoxy) is 2. The number of nitrogens with zero attached hydrogens (tertiary/aromatic N) is 5. The number of hydrogen-bond acceptors (Lipinski definition) is 9. The van der Waals surface area contributed by atoms with E-state index in [1.165, 1.54) is 18.9 Å². The number of aliphatic hydroxyl groups excluding tert-OH is 1. The maximum atomic E-state index is 14.1. The zero-order valence-electron chi connectivity index (χ0n) is 27.6. The molecule has 2 aliphatic heterocycles. The highest BCUT2D eigenvalue weighted by molar-refractivity contribution is 6.07. The normalized spacial score (nSPS) is 19.9. The molecule has 2 aliphatic rings. The van der Waals surface area contributed by atoms with Gasteiger partial charge in [0.25, 0.3) is 5.91 Å². The van der Waals surface area contributed by atoms with Crippen molar-refractivity contribution in [3.8, 4) is 5.75 Å². The molecular formula is C37H39N5O7. The lowest BCUT2D eigenvalue weighted by Crippen LogP contribution is -2.54. The molecule has 6 rings (SSSR count). The number of anilines is 2. The standard InChI is InChI=1S/C37H39N5O7/c1-24(9-7-8-18-40-22-32(38-39-40)30(23-43)27-10-5-4-6-11-27)37(47)31-19-29(48-3)16-17-33(31)41(36(37)46)21-26-12-14-28(15-13-26)42-34(45)20-35(42)49-25(2)44/h4-7,9-17,19,22,24,30,35,43,47H,8,18,20-21,23H2,1-3H3/b9-7+/t24-,30?,35?,37+/m1/s1. The Hall–Kier alpha value is -5.33. The third-order valence-corrected chi connectivity index (χ3v) is 9.15. The predicted molar refractivity (Wildman–Crippen MR) is 180 cm³/mol. The van der Waals surface area contributed by atoms with E-state index in [-0.39, 0.29) is 31.4 Å². The minimum atomic E-state index is -1.84. The molecule has 1 saturated heterocycles. The number of hydrogen-bond donors (Lipinski definition) is 2. The lowest BCUT2D eigenvalue weighted by Gasteiger charge is -2.39. The van der Waals surface area contributed by atoms with Crippen molar-refractivity contribution < 1.29 is 34.1 Å². The van der Waals surface area contributed by atoms with Crippen molar-refractivity contribution in [3.05, 3.63) is 114 Å². The first-order valence-electron chi connectivity index (χ1n) is 16.2. The molecule has 12 heteroatoms. The SMILES string of the molecule is COc1ccc2c(c1)[C@@](O)([C@H](C)/C=C/CCn1cc(C(CO)c3ccccc3)nn1)C(=O)N2Cc1ccc(N2C(=O)CC2OC(C)=O)cc1. The molecule has 0 aliphatic carbocycles. The summed E-state index contributed by atoms with van der Waals surface area (Å²) in [4.78, 5) is 40.7. The van der Waals surface area contributed by atoms with Gasteiger partial charge in [-0.15, -0.1) is 5.10 Å². The second kappa shape index (κ2) is 14.0. The quantitative estimate of drug-likeness (QED) is 0.123. The molecule has 0 spiro atoms.